The van der Waals surface area contributed by atoms with Gasteiger partial charge in [-0.3, -0.25) is 0 Å². The number of sulfonamides is 1. The molecular formula is C11H20N4O2S. The third-order valence-corrected chi connectivity index (χ3v) is 4.33. The summed E-state index contributed by atoms with van der Waals surface area (Å²) in [5.41, 5.74) is 0. The molecule has 0 bridgehead atoms. The van der Waals surface area contributed by atoms with Gasteiger partial charge < -0.3 is 9.88 Å². The molecule has 1 fully saturated rings. The van der Waals surface area contributed by atoms with Crippen LogP contribution in [0.2, 0.25) is 0 Å². The Kier molecular flexibility index (Phi) is 4.04. The molecule has 6 nitrogen and oxygen atoms in total. The van der Waals surface area contributed by atoms with Crippen molar-refractivity contribution in [2.45, 2.75) is 44.3 Å². The zero-order chi connectivity index (χ0) is 13.2. The van der Waals surface area contributed by atoms with Crippen LogP contribution in [0.4, 0.5) is 0 Å². The van der Waals surface area contributed by atoms with E-state index >= 15 is 0 Å². The molecule has 0 radical (unpaired) electrons. The van der Waals surface area contributed by atoms with Crippen molar-refractivity contribution in [1.29, 1.82) is 0 Å². The predicted molar refractivity (Wildman–Crippen MR) is 68.9 cm³/mol. The maximum atomic E-state index is 12.0. The van der Waals surface area contributed by atoms with Crippen molar-refractivity contribution in [1.82, 2.24) is 19.6 Å². The van der Waals surface area contributed by atoms with Crippen molar-refractivity contribution >= 4 is 10.0 Å². The van der Waals surface area contributed by atoms with E-state index < -0.39 is 10.0 Å². The second-order valence-corrected chi connectivity index (χ2v) is 6.25. The van der Waals surface area contributed by atoms with Crippen LogP contribution in [0.25, 0.3) is 0 Å². The molecule has 1 saturated carbocycles. The minimum atomic E-state index is -3.47. The van der Waals surface area contributed by atoms with Crippen molar-refractivity contribution in [2.75, 3.05) is 13.1 Å². The molecule has 1 aromatic heterocycles. The minimum Gasteiger partial charge on any atom is -0.334 e. The molecule has 1 aliphatic rings. The van der Waals surface area contributed by atoms with Crippen LogP contribution in [0.3, 0.4) is 0 Å². The first-order chi connectivity index (χ1) is 8.53. The first-order valence-electron chi connectivity index (χ1n) is 6.29. The van der Waals surface area contributed by atoms with Crippen LogP contribution in [0.15, 0.2) is 11.2 Å². The molecule has 0 atom stereocenters. The molecule has 0 aromatic carbocycles. The predicted octanol–water partition coefficient (Wildman–Crippen LogP) is 0.242. The Hall–Kier alpha value is -0.920. The van der Waals surface area contributed by atoms with Gasteiger partial charge in [0.1, 0.15) is 5.82 Å². The van der Waals surface area contributed by atoms with E-state index in [2.05, 4.69) is 15.0 Å². The number of nitrogens with zero attached hydrogens (tertiary/aromatic N) is 2. The molecule has 7 heteroatoms. The molecule has 0 aliphatic heterocycles. The molecule has 1 heterocycles. The van der Waals surface area contributed by atoms with Crippen molar-refractivity contribution in [3.05, 3.63) is 12.0 Å². The molecule has 102 valence electrons. The van der Waals surface area contributed by atoms with Crippen LogP contribution in [0.5, 0.6) is 0 Å². The third kappa shape index (κ3) is 3.30. The lowest BCUT2D eigenvalue weighted by atomic mass is 10.6. The first kappa shape index (κ1) is 13.5. The lowest BCUT2D eigenvalue weighted by Gasteiger charge is -2.04. The number of aromatic nitrogens is 2. The zero-order valence-corrected chi connectivity index (χ0v) is 11.6. The smallest absolute Gasteiger partial charge is 0.259 e. The van der Waals surface area contributed by atoms with Crippen LogP contribution in [0, 0.1) is 6.92 Å². The summed E-state index contributed by atoms with van der Waals surface area (Å²) in [6.07, 6.45) is 3.98. The number of imidazole rings is 1. The Morgan fingerprint density at radius 1 is 1.44 bits per heavy atom. The van der Waals surface area contributed by atoms with Gasteiger partial charge in [-0.25, -0.2) is 18.1 Å². The van der Waals surface area contributed by atoms with Crippen LogP contribution in [-0.2, 0) is 16.6 Å². The van der Waals surface area contributed by atoms with E-state index in [0.717, 1.165) is 6.54 Å². The molecule has 0 saturated heterocycles. The second-order valence-electron chi connectivity index (χ2n) is 4.54. The van der Waals surface area contributed by atoms with Gasteiger partial charge in [-0.15, -0.1) is 0 Å². The average Bonchev–Trinajstić information content (AvgIpc) is 3.06. The number of aryl methyl sites for hydroxylation is 2. The molecular weight excluding hydrogens is 252 g/mol. The van der Waals surface area contributed by atoms with Gasteiger partial charge in [0.25, 0.3) is 10.0 Å². The quantitative estimate of drug-likeness (QED) is 0.697. The fraction of sp³-hybridized carbons (Fsp3) is 0.727. The molecule has 1 aliphatic carbocycles. The fourth-order valence-corrected chi connectivity index (χ4v) is 2.79. The highest BCUT2D eigenvalue weighted by molar-refractivity contribution is 7.89. The van der Waals surface area contributed by atoms with Crippen molar-refractivity contribution in [3.8, 4) is 0 Å². The molecule has 2 N–H and O–H groups in total. The highest BCUT2D eigenvalue weighted by Crippen LogP contribution is 2.17. The van der Waals surface area contributed by atoms with E-state index in [0.29, 0.717) is 25.0 Å². The monoisotopic (exact) mass is 272 g/mol. The van der Waals surface area contributed by atoms with Crippen LogP contribution >= 0.6 is 0 Å². The normalized spacial score (nSPS) is 16.1. The first-order valence-corrected chi connectivity index (χ1v) is 7.78. The van der Waals surface area contributed by atoms with Gasteiger partial charge in [0.15, 0.2) is 5.03 Å². The summed E-state index contributed by atoms with van der Waals surface area (Å²) in [5, 5.41) is 3.36. The van der Waals surface area contributed by atoms with E-state index in [-0.39, 0.29) is 5.03 Å². The van der Waals surface area contributed by atoms with Gasteiger partial charge in [0.2, 0.25) is 0 Å². The van der Waals surface area contributed by atoms with Gasteiger partial charge in [0.05, 0.1) is 0 Å². The maximum Gasteiger partial charge on any atom is 0.259 e. The summed E-state index contributed by atoms with van der Waals surface area (Å²) in [6.45, 7) is 5.54. The Balaban J connectivity index is 1.91. The van der Waals surface area contributed by atoms with Gasteiger partial charge >= 0.3 is 0 Å². The average molecular weight is 272 g/mol. The third-order valence-electron chi connectivity index (χ3n) is 3.00. The van der Waals surface area contributed by atoms with Gasteiger partial charge in [-0.05, 0) is 26.7 Å². The van der Waals surface area contributed by atoms with E-state index in [1.807, 2.05) is 11.5 Å². The van der Waals surface area contributed by atoms with Gasteiger partial charge in [-0.1, -0.05) is 0 Å². The van der Waals surface area contributed by atoms with Crippen molar-refractivity contribution in [2.24, 2.45) is 0 Å². The van der Waals surface area contributed by atoms with Crippen LogP contribution < -0.4 is 10.0 Å². The van der Waals surface area contributed by atoms with E-state index in [1.165, 1.54) is 12.8 Å². The molecule has 1 aromatic rings. The van der Waals surface area contributed by atoms with Crippen LogP contribution in [0.1, 0.15) is 25.6 Å². The number of hydrogen-bond acceptors (Lipinski definition) is 4. The molecule has 2 rings (SSSR count). The Bertz CT molecular complexity index is 505. The lowest BCUT2D eigenvalue weighted by Crippen LogP contribution is -2.32. The summed E-state index contributed by atoms with van der Waals surface area (Å²) in [6, 6.07) is 0.594. The Labute approximate surface area is 108 Å². The molecule has 0 unspecified atom stereocenters. The summed E-state index contributed by atoms with van der Waals surface area (Å²) in [4.78, 5) is 4.07. The maximum absolute atomic E-state index is 12.0. The highest BCUT2D eigenvalue weighted by Gasteiger charge is 2.21. The van der Waals surface area contributed by atoms with Gasteiger partial charge in [0, 0.05) is 31.9 Å². The highest BCUT2D eigenvalue weighted by atomic mass is 32.2. The topological polar surface area (TPSA) is 76.0 Å². The number of rotatable bonds is 7. The van der Waals surface area contributed by atoms with Crippen molar-refractivity contribution < 1.29 is 8.42 Å². The van der Waals surface area contributed by atoms with E-state index in [1.54, 1.807) is 13.1 Å². The largest absolute Gasteiger partial charge is 0.334 e. The molecule has 0 spiro atoms. The summed E-state index contributed by atoms with van der Waals surface area (Å²) < 4.78 is 28.3. The Morgan fingerprint density at radius 3 is 2.72 bits per heavy atom. The SMILES string of the molecule is CCn1cc(S(=O)(=O)NCCNC2CC2)nc1C. The van der Waals surface area contributed by atoms with Gasteiger partial charge in [-0.2, -0.15) is 0 Å². The summed E-state index contributed by atoms with van der Waals surface area (Å²) in [7, 11) is -3.47. The summed E-state index contributed by atoms with van der Waals surface area (Å²) in [5.74, 6) is 0.717. The summed E-state index contributed by atoms with van der Waals surface area (Å²) >= 11 is 0. The van der Waals surface area contributed by atoms with Crippen molar-refractivity contribution in [3.63, 3.8) is 0 Å². The number of nitrogens with one attached hydrogen (secondary N) is 2. The molecule has 0 amide bonds. The number of hydrogen-bond donors (Lipinski definition) is 2. The van der Waals surface area contributed by atoms with Crippen LogP contribution in [-0.4, -0.2) is 37.1 Å². The van der Waals surface area contributed by atoms with E-state index in [9.17, 15) is 8.42 Å². The fourth-order valence-electron chi connectivity index (χ4n) is 1.75. The van der Waals surface area contributed by atoms with E-state index in [4.69, 9.17) is 0 Å². The standard InChI is InChI=1S/C11H20N4O2S/c1-3-15-8-11(14-9(15)2)18(16,17)13-7-6-12-10-4-5-10/h8,10,12-13H,3-7H2,1-2H3. The minimum absolute atomic E-state index is 0.105. The second kappa shape index (κ2) is 5.38. The Morgan fingerprint density at radius 2 is 2.17 bits per heavy atom. The zero-order valence-electron chi connectivity index (χ0n) is 10.8. The lowest BCUT2D eigenvalue weighted by molar-refractivity contribution is 0.572. The molecule has 18 heavy (non-hydrogen) atoms.